The van der Waals surface area contributed by atoms with Crippen molar-refractivity contribution >= 4 is 29.3 Å². The van der Waals surface area contributed by atoms with Crippen LogP contribution < -0.4 is 10.6 Å². The predicted octanol–water partition coefficient (Wildman–Crippen LogP) is 2.22. The van der Waals surface area contributed by atoms with Crippen LogP contribution in [0, 0.1) is 17.5 Å². The molecule has 1 aliphatic heterocycles. The fraction of sp³-hybridized carbons (Fsp3) is 0.235. The van der Waals surface area contributed by atoms with E-state index in [0.29, 0.717) is 22.8 Å². The summed E-state index contributed by atoms with van der Waals surface area (Å²) in [6, 6.07) is 2.42. The number of benzene rings is 1. The molecule has 0 radical (unpaired) electrons. The van der Waals surface area contributed by atoms with E-state index in [-0.39, 0.29) is 12.2 Å². The lowest BCUT2D eigenvalue weighted by atomic mass is 10.1. The molecule has 27 heavy (non-hydrogen) atoms. The summed E-state index contributed by atoms with van der Waals surface area (Å²) in [7, 11) is 0. The van der Waals surface area contributed by atoms with E-state index < -0.39 is 46.1 Å². The molecule has 3 rings (SSSR count). The maximum Gasteiger partial charge on any atom is 0.253 e. The van der Waals surface area contributed by atoms with Gasteiger partial charge in [0.05, 0.1) is 17.9 Å². The number of aliphatic hydroxyl groups excluding tert-OH is 1. The molecule has 1 aromatic carbocycles. The zero-order chi connectivity index (χ0) is 19.8. The number of pyridine rings is 1. The highest BCUT2D eigenvalue weighted by Crippen LogP contribution is 2.40. The van der Waals surface area contributed by atoms with Crippen molar-refractivity contribution in [1.29, 1.82) is 0 Å². The average molecular weight is 397 g/mol. The number of hydrogen-bond donors (Lipinski definition) is 3. The lowest BCUT2D eigenvalue weighted by molar-refractivity contribution is -0.119. The van der Waals surface area contributed by atoms with Gasteiger partial charge in [-0.3, -0.25) is 9.59 Å². The molecule has 3 N–H and O–H groups in total. The van der Waals surface area contributed by atoms with Crippen molar-refractivity contribution in [2.24, 2.45) is 0 Å². The lowest BCUT2D eigenvalue weighted by Crippen LogP contribution is -2.43. The number of rotatable bonds is 4. The highest BCUT2D eigenvalue weighted by Gasteiger charge is 2.39. The van der Waals surface area contributed by atoms with Crippen molar-refractivity contribution in [2.75, 3.05) is 11.9 Å². The molecular weight excluding hydrogens is 383 g/mol. The van der Waals surface area contributed by atoms with Crippen LogP contribution in [0.5, 0.6) is 0 Å². The number of thioether (sulfide) groups is 1. The van der Waals surface area contributed by atoms with E-state index in [0.717, 1.165) is 11.8 Å². The van der Waals surface area contributed by atoms with E-state index in [2.05, 4.69) is 15.6 Å². The smallest absolute Gasteiger partial charge is 0.253 e. The van der Waals surface area contributed by atoms with Gasteiger partial charge in [0.15, 0.2) is 0 Å². The minimum atomic E-state index is -1.11. The molecule has 0 bridgehead atoms. The summed E-state index contributed by atoms with van der Waals surface area (Å²) in [6.45, 7) is 0.684. The van der Waals surface area contributed by atoms with Crippen molar-refractivity contribution < 1.29 is 27.9 Å². The van der Waals surface area contributed by atoms with Gasteiger partial charge in [0, 0.05) is 30.4 Å². The maximum atomic E-state index is 13.6. The van der Waals surface area contributed by atoms with Crippen LogP contribution in [0.4, 0.5) is 18.9 Å². The number of nitrogens with one attached hydrogen (secondary N) is 2. The number of carbonyl (C=O) groups is 2. The topological polar surface area (TPSA) is 91.3 Å². The fourth-order valence-electron chi connectivity index (χ4n) is 2.38. The second kappa shape index (κ2) is 7.20. The third-order valence-corrected chi connectivity index (χ3v) is 5.28. The predicted molar refractivity (Wildman–Crippen MR) is 91.7 cm³/mol. The first-order valence-corrected chi connectivity index (χ1v) is 8.58. The van der Waals surface area contributed by atoms with E-state index in [4.69, 9.17) is 0 Å². The second-order valence-electron chi connectivity index (χ2n) is 6.05. The van der Waals surface area contributed by atoms with E-state index in [9.17, 15) is 27.9 Å². The van der Waals surface area contributed by atoms with E-state index in [1.807, 2.05) is 0 Å². The third kappa shape index (κ3) is 3.76. The van der Waals surface area contributed by atoms with Gasteiger partial charge in [-0.15, -0.1) is 0 Å². The number of amides is 2. The molecule has 2 aromatic rings. The number of fused-ring (bicyclic) bond motifs is 1. The van der Waals surface area contributed by atoms with Crippen LogP contribution in [-0.4, -0.2) is 33.3 Å². The summed E-state index contributed by atoms with van der Waals surface area (Å²) in [5.41, 5.74) is -0.119. The molecule has 1 aliphatic rings. The minimum Gasteiger partial charge on any atom is -0.394 e. The first-order valence-electron chi connectivity index (χ1n) is 7.76. The molecule has 2 heterocycles. The summed E-state index contributed by atoms with van der Waals surface area (Å²) >= 11 is 1.06. The standard InChI is InChI=1S/C17H14F3N3O3S/c1-17(7-24)16(26)23-13-2-8(5-22-15(13)27-17)14(25)21-6-10-11(19)3-9(18)4-12(10)20/h2-5,24H,6-7H2,1H3,(H,21,25)(H,23,26). The normalized spacial score (nSPS) is 18.6. The SMILES string of the molecule is CC1(CO)Sc2ncc(C(=O)NCc3c(F)cc(F)cc3F)cc2NC1=O. The van der Waals surface area contributed by atoms with Crippen LogP contribution in [0.1, 0.15) is 22.8 Å². The van der Waals surface area contributed by atoms with Crippen LogP contribution in [-0.2, 0) is 11.3 Å². The third-order valence-electron chi connectivity index (χ3n) is 4.00. The lowest BCUT2D eigenvalue weighted by Gasteiger charge is -2.30. The van der Waals surface area contributed by atoms with Crippen molar-refractivity contribution in [3.8, 4) is 0 Å². The summed E-state index contributed by atoms with van der Waals surface area (Å²) in [5.74, 6) is -4.38. The molecule has 6 nitrogen and oxygen atoms in total. The molecule has 0 aliphatic carbocycles. The number of halogens is 3. The zero-order valence-electron chi connectivity index (χ0n) is 14.0. The van der Waals surface area contributed by atoms with Crippen molar-refractivity contribution in [3.05, 3.63) is 53.0 Å². The summed E-state index contributed by atoms with van der Waals surface area (Å²) in [4.78, 5) is 28.4. The van der Waals surface area contributed by atoms with Gasteiger partial charge in [0.1, 0.15) is 27.2 Å². The first-order chi connectivity index (χ1) is 12.7. The monoisotopic (exact) mass is 397 g/mol. The molecule has 1 unspecified atom stereocenters. The largest absolute Gasteiger partial charge is 0.394 e. The Morgan fingerprint density at radius 1 is 1.30 bits per heavy atom. The molecule has 10 heteroatoms. The van der Waals surface area contributed by atoms with E-state index in [1.54, 1.807) is 6.92 Å². The van der Waals surface area contributed by atoms with Crippen LogP contribution in [0.15, 0.2) is 29.4 Å². The highest BCUT2D eigenvalue weighted by atomic mass is 32.2. The van der Waals surface area contributed by atoms with Gasteiger partial charge in [-0.2, -0.15) is 0 Å². The van der Waals surface area contributed by atoms with Crippen molar-refractivity contribution in [1.82, 2.24) is 10.3 Å². The number of aliphatic hydroxyl groups is 1. The summed E-state index contributed by atoms with van der Waals surface area (Å²) < 4.78 is 39.1. The molecule has 0 saturated carbocycles. The van der Waals surface area contributed by atoms with Gasteiger partial charge >= 0.3 is 0 Å². The van der Waals surface area contributed by atoms with Crippen LogP contribution in [0.25, 0.3) is 0 Å². The Morgan fingerprint density at radius 3 is 2.59 bits per heavy atom. The molecule has 0 saturated heterocycles. The molecule has 0 fully saturated rings. The quantitative estimate of drug-likeness (QED) is 0.736. The molecule has 1 aromatic heterocycles. The van der Waals surface area contributed by atoms with Crippen LogP contribution in [0.3, 0.4) is 0 Å². The zero-order valence-corrected chi connectivity index (χ0v) is 14.8. The number of nitrogens with zero attached hydrogens (tertiary/aromatic N) is 1. The summed E-state index contributed by atoms with van der Waals surface area (Å²) in [5, 5.41) is 14.7. The molecular formula is C17H14F3N3O3S. The van der Waals surface area contributed by atoms with Gasteiger partial charge < -0.3 is 15.7 Å². The van der Waals surface area contributed by atoms with Crippen LogP contribution >= 0.6 is 11.8 Å². The highest BCUT2D eigenvalue weighted by molar-refractivity contribution is 8.01. The Morgan fingerprint density at radius 2 is 1.96 bits per heavy atom. The van der Waals surface area contributed by atoms with Crippen molar-refractivity contribution in [2.45, 2.75) is 23.2 Å². The first kappa shape index (κ1) is 19.2. The Balaban J connectivity index is 1.76. The Kier molecular flexibility index (Phi) is 5.11. The fourth-order valence-corrected chi connectivity index (χ4v) is 3.34. The van der Waals surface area contributed by atoms with Crippen molar-refractivity contribution in [3.63, 3.8) is 0 Å². The van der Waals surface area contributed by atoms with Crippen LogP contribution in [0.2, 0.25) is 0 Å². The number of anilines is 1. The second-order valence-corrected chi connectivity index (χ2v) is 7.54. The Bertz CT molecular complexity index is 918. The maximum absolute atomic E-state index is 13.6. The average Bonchev–Trinajstić information content (AvgIpc) is 2.61. The van der Waals surface area contributed by atoms with Gasteiger partial charge in [0.25, 0.3) is 5.91 Å². The number of hydrogen-bond acceptors (Lipinski definition) is 5. The number of carbonyl (C=O) groups excluding carboxylic acids is 2. The molecule has 2 amide bonds. The molecule has 1 atom stereocenters. The van der Waals surface area contributed by atoms with E-state index >= 15 is 0 Å². The number of aromatic nitrogens is 1. The Labute approximate surface area is 156 Å². The van der Waals surface area contributed by atoms with Gasteiger partial charge in [-0.1, -0.05) is 11.8 Å². The van der Waals surface area contributed by atoms with E-state index in [1.165, 1.54) is 12.3 Å². The van der Waals surface area contributed by atoms with Gasteiger partial charge in [-0.25, -0.2) is 18.2 Å². The van der Waals surface area contributed by atoms with Gasteiger partial charge in [0.2, 0.25) is 5.91 Å². The van der Waals surface area contributed by atoms with Gasteiger partial charge in [-0.05, 0) is 13.0 Å². The molecule has 0 spiro atoms. The molecule has 142 valence electrons. The minimum absolute atomic E-state index is 0.0604. The Hall–Kier alpha value is -2.59. The summed E-state index contributed by atoms with van der Waals surface area (Å²) in [6.07, 6.45) is 1.24.